The summed E-state index contributed by atoms with van der Waals surface area (Å²) in [7, 11) is -3.74. The third-order valence-electron chi connectivity index (χ3n) is 6.18. The van der Waals surface area contributed by atoms with Crippen LogP contribution < -0.4 is 9.62 Å². The molecule has 0 heterocycles. The Morgan fingerprint density at radius 3 is 2.06 bits per heavy atom. The van der Waals surface area contributed by atoms with E-state index in [-0.39, 0.29) is 18.5 Å². The molecule has 1 saturated carbocycles. The molecule has 3 rings (SSSR count). The Bertz CT molecular complexity index is 1120. The third-order valence-corrected chi connectivity index (χ3v) is 8.38. The van der Waals surface area contributed by atoms with Crippen LogP contribution in [0.5, 0.6) is 0 Å². The summed E-state index contributed by atoms with van der Waals surface area (Å²) in [5.74, 6) is -0.676. The number of nitrogens with one attached hydrogen (secondary N) is 1. The van der Waals surface area contributed by atoms with Crippen molar-refractivity contribution in [2.45, 2.75) is 57.7 Å². The van der Waals surface area contributed by atoms with Crippen LogP contribution in [0.1, 0.15) is 44.6 Å². The number of amides is 2. The van der Waals surface area contributed by atoms with Gasteiger partial charge < -0.3 is 10.2 Å². The molecule has 2 amide bonds. The lowest BCUT2D eigenvalue weighted by Gasteiger charge is -2.33. The summed E-state index contributed by atoms with van der Waals surface area (Å²) in [6.45, 7) is 1.47. The van der Waals surface area contributed by atoms with Crippen molar-refractivity contribution in [2.75, 3.05) is 17.1 Å². The quantitative estimate of drug-likeness (QED) is 0.430. The Kier molecular flexibility index (Phi) is 9.77. The standard InChI is InChI=1S/C25H31Br2N3O4S/c1-18(25(32)28-22-6-4-3-5-7-22)29(16-19-8-10-20(26)11-9-19)24(31)17-30(35(2,33)34)23-14-12-21(27)13-15-23/h8-15,18,22H,3-7,16-17H2,1-2H3,(H,28,32)/t18-/m1/s1. The van der Waals surface area contributed by atoms with E-state index in [0.29, 0.717) is 5.69 Å². The first-order chi connectivity index (χ1) is 16.5. The van der Waals surface area contributed by atoms with Gasteiger partial charge in [-0.05, 0) is 61.7 Å². The number of rotatable bonds is 9. The first-order valence-electron chi connectivity index (χ1n) is 11.6. The number of carbonyl (C=O) groups excluding carboxylic acids is 2. The molecule has 1 fully saturated rings. The normalized spacial score (nSPS) is 15.3. The van der Waals surface area contributed by atoms with Crippen LogP contribution in [0.2, 0.25) is 0 Å². The zero-order valence-corrected chi connectivity index (χ0v) is 23.9. The van der Waals surface area contributed by atoms with Gasteiger partial charge in [-0.1, -0.05) is 63.3 Å². The van der Waals surface area contributed by atoms with E-state index in [4.69, 9.17) is 0 Å². The minimum atomic E-state index is -3.74. The molecule has 0 spiro atoms. The number of hydrogen-bond acceptors (Lipinski definition) is 4. The van der Waals surface area contributed by atoms with Gasteiger partial charge in [0, 0.05) is 21.5 Å². The SMILES string of the molecule is C[C@H](C(=O)NC1CCCCC1)N(Cc1ccc(Br)cc1)C(=O)CN(c1ccc(Br)cc1)S(C)(=O)=O. The Hall–Kier alpha value is -1.91. The summed E-state index contributed by atoms with van der Waals surface area (Å²) in [6.07, 6.45) is 6.28. The highest BCUT2D eigenvalue weighted by Crippen LogP contribution is 2.22. The molecule has 0 radical (unpaired) electrons. The summed E-state index contributed by atoms with van der Waals surface area (Å²) in [5.41, 5.74) is 1.22. The van der Waals surface area contributed by atoms with Gasteiger partial charge in [0.05, 0.1) is 11.9 Å². The first kappa shape index (κ1) is 27.7. The maximum absolute atomic E-state index is 13.6. The lowest BCUT2D eigenvalue weighted by molar-refractivity contribution is -0.139. The molecule has 7 nitrogen and oxygen atoms in total. The largest absolute Gasteiger partial charge is 0.352 e. The van der Waals surface area contributed by atoms with Crippen molar-refractivity contribution >= 4 is 59.4 Å². The highest BCUT2D eigenvalue weighted by Gasteiger charge is 2.31. The first-order valence-corrected chi connectivity index (χ1v) is 15.1. The van der Waals surface area contributed by atoms with Gasteiger partial charge in [0.1, 0.15) is 12.6 Å². The van der Waals surface area contributed by atoms with Gasteiger partial charge in [0.2, 0.25) is 21.8 Å². The number of nitrogens with zero attached hydrogens (tertiary/aromatic N) is 2. The second kappa shape index (κ2) is 12.4. The smallest absolute Gasteiger partial charge is 0.244 e. The second-order valence-electron chi connectivity index (χ2n) is 8.91. The average molecular weight is 629 g/mol. The second-order valence-corrected chi connectivity index (χ2v) is 12.7. The number of benzene rings is 2. The molecule has 190 valence electrons. The fourth-order valence-corrected chi connectivity index (χ4v) is 5.54. The zero-order valence-electron chi connectivity index (χ0n) is 19.9. The topological polar surface area (TPSA) is 86.8 Å². The molecule has 0 saturated heterocycles. The molecule has 1 N–H and O–H groups in total. The molecule has 0 unspecified atom stereocenters. The maximum Gasteiger partial charge on any atom is 0.244 e. The van der Waals surface area contributed by atoms with Crippen LogP contribution in [0, 0.1) is 0 Å². The van der Waals surface area contributed by atoms with Crippen molar-refractivity contribution in [3.8, 4) is 0 Å². The van der Waals surface area contributed by atoms with Gasteiger partial charge in [-0.15, -0.1) is 0 Å². The summed E-state index contributed by atoms with van der Waals surface area (Å²) >= 11 is 6.76. The molecule has 2 aromatic carbocycles. The van der Waals surface area contributed by atoms with E-state index >= 15 is 0 Å². The fraction of sp³-hybridized carbons (Fsp3) is 0.440. The van der Waals surface area contributed by atoms with E-state index < -0.39 is 28.5 Å². The highest BCUT2D eigenvalue weighted by atomic mass is 79.9. The van der Waals surface area contributed by atoms with E-state index in [1.807, 2.05) is 24.3 Å². The lowest BCUT2D eigenvalue weighted by atomic mass is 9.95. The highest BCUT2D eigenvalue weighted by molar-refractivity contribution is 9.10. The van der Waals surface area contributed by atoms with Crippen LogP contribution in [0.3, 0.4) is 0 Å². The summed E-state index contributed by atoms with van der Waals surface area (Å²) < 4.78 is 28.0. The molecule has 1 aliphatic carbocycles. The Morgan fingerprint density at radius 2 is 1.51 bits per heavy atom. The van der Waals surface area contributed by atoms with Crippen LogP contribution >= 0.6 is 31.9 Å². The van der Waals surface area contributed by atoms with E-state index in [9.17, 15) is 18.0 Å². The van der Waals surface area contributed by atoms with Gasteiger partial charge >= 0.3 is 0 Å². The van der Waals surface area contributed by atoms with Crippen LogP contribution in [0.4, 0.5) is 5.69 Å². The van der Waals surface area contributed by atoms with Crippen LogP contribution in [0.15, 0.2) is 57.5 Å². The van der Waals surface area contributed by atoms with E-state index in [1.54, 1.807) is 31.2 Å². The molecule has 1 atom stereocenters. The lowest BCUT2D eigenvalue weighted by Crippen LogP contribution is -2.52. The van der Waals surface area contributed by atoms with Gasteiger partial charge in [-0.25, -0.2) is 8.42 Å². The predicted octanol–water partition coefficient (Wildman–Crippen LogP) is 4.84. The molecule has 1 aliphatic rings. The molecule has 35 heavy (non-hydrogen) atoms. The van der Waals surface area contributed by atoms with Gasteiger partial charge in [-0.2, -0.15) is 0 Å². The maximum atomic E-state index is 13.6. The predicted molar refractivity (Wildman–Crippen MR) is 146 cm³/mol. The summed E-state index contributed by atoms with van der Waals surface area (Å²) in [4.78, 5) is 28.2. The molecule has 0 aromatic heterocycles. The third kappa shape index (κ3) is 8.05. The van der Waals surface area contributed by atoms with Crippen molar-refractivity contribution in [3.05, 3.63) is 63.0 Å². The molecular formula is C25H31Br2N3O4S. The molecule has 10 heteroatoms. The number of halogens is 2. The fourth-order valence-electron chi connectivity index (χ4n) is 4.16. The van der Waals surface area contributed by atoms with Crippen molar-refractivity contribution in [1.29, 1.82) is 0 Å². The van der Waals surface area contributed by atoms with Gasteiger partial charge in [0.15, 0.2) is 0 Å². The van der Waals surface area contributed by atoms with Crippen molar-refractivity contribution in [3.63, 3.8) is 0 Å². The number of carbonyl (C=O) groups is 2. The summed E-state index contributed by atoms with van der Waals surface area (Å²) in [6, 6.07) is 13.5. The van der Waals surface area contributed by atoms with Gasteiger partial charge in [-0.3, -0.25) is 13.9 Å². The number of anilines is 1. The van der Waals surface area contributed by atoms with Crippen molar-refractivity contribution in [1.82, 2.24) is 10.2 Å². The van der Waals surface area contributed by atoms with Crippen molar-refractivity contribution < 1.29 is 18.0 Å². The molecular weight excluding hydrogens is 598 g/mol. The van der Waals surface area contributed by atoms with Gasteiger partial charge in [0.25, 0.3) is 0 Å². The Labute approximate surface area is 224 Å². The van der Waals surface area contributed by atoms with Crippen LogP contribution in [0.25, 0.3) is 0 Å². The molecule has 0 bridgehead atoms. The molecule has 0 aliphatic heterocycles. The number of hydrogen-bond donors (Lipinski definition) is 1. The molecule has 2 aromatic rings. The zero-order chi connectivity index (χ0) is 25.6. The average Bonchev–Trinajstić information content (AvgIpc) is 2.82. The minimum Gasteiger partial charge on any atom is -0.352 e. The monoisotopic (exact) mass is 627 g/mol. The van der Waals surface area contributed by atoms with Crippen molar-refractivity contribution in [2.24, 2.45) is 0 Å². The van der Waals surface area contributed by atoms with E-state index in [2.05, 4.69) is 37.2 Å². The number of sulfonamides is 1. The summed E-state index contributed by atoms with van der Waals surface area (Å²) in [5, 5.41) is 3.09. The van der Waals surface area contributed by atoms with E-state index in [1.165, 1.54) is 11.3 Å². The Morgan fingerprint density at radius 1 is 0.971 bits per heavy atom. The van der Waals surface area contributed by atoms with Crippen LogP contribution in [-0.2, 0) is 26.2 Å². The minimum absolute atomic E-state index is 0.110. The van der Waals surface area contributed by atoms with Crippen LogP contribution in [-0.4, -0.2) is 50.0 Å². The Balaban J connectivity index is 1.85. The van der Waals surface area contributed by atoms with E-state index in [0.717, 1.165) is 50.8 Å².